The SMILES string of the molecule is CC1CC(C)(C)CC2(C1)NC(=O)N(CC(=O)N1CCN(c3ccccn3)CC1)C2=O. The molecule has 2 aliphatic heterocycles. The van der Waals surface area contributed by atoms with Crippen molar-refractivity contribution in [1.82, 2.24) is 20.1 Å². The van der Waals surface area contributed by atoms with E-state index in [4.69, 9.17) is 0 Å². The van der Waals surface area contributed by atoms with Crippen LogP contribution in [0, 0.1) is 11.3 Å². The Balaban J connectivity index is 1.38. The van der Waals surface area contributed by atoms with Gasteiger partial charge in [0.25, 0.3) is 5.91 Å². The molecule has 8 heteroatoms. The first-order chi connectivity index (χ1) is 14.2. The lowest BCUT2D eigenvalue weighted by atomic mass is 9.64. The molecule has 1 spiro atoms. The third-order valence-corrected chi connectivity index (χ3v) is 6.52. The quantitative estimate of drug-likeness (QED) is 0.765. The van der Waals surface area contributed by atoms with Crippen molar-refractivity contribution in [3.05, 3.63) is 24.4 Å². The predicted molar refractivity (Wildman–Crippen MR) is 113 cm³/mol. The molecule has 3 heterocycles. The van der Waals surface area contributed by atoms with E-state index >= 15 is 0 Å². The van der Waals surface area contributed by atoms with E-state index in [0.29, 0.717) is 44.9 Å². The van der Waals surface area contributed by atoms with E-state index in [1.165, 1.54) is 0 Å². The lowest BCUT2D eigenvalue weighted by molar-refractivity contribution is -0.140. The summed E-state index contributed by atoms with van der Waals surface area (Å²) in [5.74, 6) is 0.815. The number of amides is 4. The number of nitrogens with zero attached hydrogens (tertiary/aromatic N) is 4. The zero-order valence-corrected chi connectivity index (χ0v) is 18.1. The molecule has 3 fully saturated rings. The fourth-order valence-electron chi connectivity index (χ4n) is 5.61. The molecule has 0 radical (unpaired) electrons. The van der Waals surface area contributed by atoms with Gasteiger partial charge in [-0.15, -0.1) is 0 Å². The second kappa shape index (κ2) is 7.56. The van der Waals surface area contributed by atoms with E-state index in [2.05, 4.69) is 36.0 Å². The molecule has 1 saturated carbocycles. The van der Waals surface area contributed by atoms with Crippen LogP contribution >= 0.6 is 0 Å². The van der Waals surface area contributed by atoms with Crippen molar-refractivity contribution < 1.29 is 14.4 Å². The first kappa shape index (κ1) is 20.6. The molecule has 0 aromatic carbocycles. The topological polar surface area (TPSA) is 85.8 Å². The number of carbonyl (C=O) groups is 3. The van der Waals surface area contributed by atoms with Gasteiger partial charge in [0, 0.05) is 32.4 Å². The number of imide groups is 1. The highest BCUT2D eigenvalue weighted by molar-refractivity contribution is 6.09. The number of anilines is 1. The van der Waals surface area contributed by atoms with Crippen LogP contribution in [0.15, 0.2) is 24.4 Å². The van der Waals surface area contributed by atoms with Crippen LogP contribution in [0.25, 0.3) is 0 Å². The van der Waals surface area contributed by atoms with E-state index in [9.17, 15) is 14.4 Å². The maximum Gasteiger partial charge on any atom is 0.325 e. The first-order valence-electron chi connectivity index (χ1n) is 10.8. The highest BCUT2D eigenvalue weighted by atomic mass is 16.2. The van der Waals surface area contributed by atoms with Crippen molar-refractivity contribution in [3.8, 4) is 0 Å². The van der Waals surface area contributed by atoms with Crippen molar-refractivity contribution in [2.24, 2.45) is 11.3 Å². The van der Waals surface area contributed by atoms with Gasteiger partial charge >= 0.3 is 6.03 Å². The van der Waals surface area contributed by atoms with E-state index in [1.54, 1.807) is 11.1 Å². The Morgan fingerprint density at radius 2 is 1.90 bits per heavy atom. The molecule has 1 N–H and O–H groups in total. The van der Waals surface area contributed by atoms with Crippen molar-refractivity contribution in [2.45, 2.75) is 45.6 Å². The Labute approximate surface area is 177 Å². The van der Waals surface area contributed by atoms with Crippen LogP contribution in [0.1, 0.15) is 40.0 Å². The molecule has 0 bridgehead atoms. The number of carbonyl (C=O) groups excluding carboxylic acids is 3. The third kappa shape index (κ3) is 3.87. The summed E-state index contributed by atoms with van der Waals surface area (Å²) in [6.45, 7) is 8.67. The highest BCUT2D eigenvalue weighted by Gasteiger charge is 2.56. The minimum absolute atomic E-state index is 0.0254. The highest BCUT2D eigenvalue weighted by Crippen LogP contribution is 2.46. The van der Waals surface area contributed by atoms with E-state index < -0.39 is 11.6 Å². The average Bonchev–Trinajstić information content (AvgIpc) is 2.90. The van der Waals surface area contributed by atoms with E-state index in [0.717, 1.165) is 17.1 Å². The minimum Gasteiger partial charge on any atom is -0.353 e. The molecule has 4 amide bonds. The maximum atomic E-state index is 13.2. The minimum atomic E-state index is -0.865. The Morgan fingerprint density at radius 1 is 1.17 bits per heavy atom. The zero-order chi connectivity index (χ0) is 21.5. The van der Waals surface area contributed by atoms with Crippen molar-refractivity contribution >= 4 is 23.7 Å². The van der Waals surface area contributed by atoms with Gasteiger partial charge in [0.2, 0.25) is 5.91 Å². The molecule has 4 rings (SSSR count). The zero-order valence-electron chi connectivity index (χ0n) is 18.1. The summed E-state index contributed by atoms with van der Waals surface area (Å²) in [5, 5.41) is 2.94. The van der Waals surface area contributed by atoms with Gasteiger partial charge in [0.05, 0.1) is 0 Å². The number of hydrogen-bond acceptors (Lipinski definition) is 5. The molecule has 2 saturated heterocycles. The van der Waals surface area contributed by atoms with E-state index in [1.807, 2.05) is 18.2 Å². The largest absolute Gasteiger partial charge is 0.353 e. The number of nitrogens with one attached hydrogen (secondary N) is 1. The van der Waals surface area contributed by atoms with Gasteiger partial charge in [-0.3, -0.25) is 14.5 Å². The summed E-state index contributed by atoms with van der Waals surface area (Å²) >= 11 is 0. The molecule has 30 heavy (non-hydrogen) atoms. The molecular formula is C22H31N5O3. The van der Waals surface area contributed by atoms with Crippen LogP contribution in [0.2, 0.25) is 0 Å². The lowest BCUT2D eigenvalue weighted by Gasteiger charge is -2.43. The number of hydrogen-bond donors (Lipinski definition) is 1. The van der Waals surface area contributed by atoms with Crippen LogP contribution in [0.5, 0.6) is 0 Å². The fourth-order valence-corrected chi connectivity index (χ4v) is 5.61. The van der Waals surface area contributed by atoms with Gasteiger partial charge in [0.15, 0.2) is 0 Å². The van der Waals surface area contributed by atoms with Gasteiger partial charge in [-0.1, -0.05) is 26.8 Å². The first-order valence-corrected chi connectivity index (χ1v) is 10.8. The standard InChI is InChI=1S/C22H31N5O3/c1-16-12-21(2,3)15-22(13-16)19(29)27(20(30)24-22)14-18(28)26-10-8-25(9-11-26)17-6-4-5-7-23-17/h4-7,16H,8-15H2,1-3H3,(H,24,30). The van der Waals surface area contributed by atoms with Crippen molar-refractivity contribution in [2.75, 3.05) is 37.6 Å². The van der Waals surface area contributed by atoms with Crippen LogP contribution in [0.3, 0.4) is 0 Å². The number of piperazine rings is 1. The summed E-state index contributed by atoms with van der Waals surface area (Å²) in [6, 6.07) is 5.34. The third-order valence-electron chi connectivity index (χ3n) is 6.52. The average molecular weight is 414 g/mol. The van der Waals surface area contributed by atoms with Crippen LogP contribution in [0.4, 0.5) is 10.6 Å². The predicted octanol–water partition coefficient (Wildman–Crippen LogP) is 1.87. The summed E-state index contributed by atoms with van der Waals surface area (Å²) in [6.07, 6.45) is 4.03. The Bertz CT molecular complexity index is 834. The van der Waals surface area contributed by atoms with Crippen LogP contribution in [-0.4, -0.2) is 70.9 Å². The second-order valence-electron chi connectivity index (χ2n) is 9.81. The van der Waals surface area contributed by atoms with Crippen LogP contribution < -0.4 is 10.2 Å². The maximum absolute atomic E-state index is 13.2. The Morgan fingerprint density at radius 3 is 2.53 bits per heavy atom. The fraction of sp³-hybridized carbons (Fsp3) is 0.636. The van der Waals surface area contributed by atoms with Gasteiger partial charge in [-0.25, -0.2) is 9.78 Å². The molecule has 8 nitrogen and oxygen atoms in total. The molecule has 2 unspecified atom stereocenters. The molecule has 2 atom stereocenters. The molecule has 3 aliphatic rings. The van der Waals surface area contributed by atoms with Gasteiger partial charge in [-0.05, 0) is 42.7 Å². The number of rotatable bonds is 3. The van der Waals surface area contributed by atoms with E-state index in [-0.39, 0.29) is 23.8 Å². The number of aromatic nitrogens is 1. The molecule has 1 aliphatic carbocycles. The summed E-state index contributed by atoms with van der Waals surface area (Å²) < 4.78 is 0. The Hall–Kier alpha value is -2.64. The number of urea groups is 1. The van der Waals surface area contributed by atoms with Crippen molar-refractivity contribution in [1.29, 1.82) is 0 Å². The molecule has 162 valence electrons. The number of pyridine rings is 1. The monoisotopic (exact) mass is 413 g/mol. The van der Waals surface area contributed by atoms with Gasteiger partial charge in [-0.2, -0.15) is 0 Å². The summed E-state index contributed by atoms with van der Waals surface area (Å²) in [7, 11) is 0. The van der Waals surface area contributed by atoms with Gasteiger partial charge < -0.3 is 15.1 Å². The summed E-state index contributed by atoms with van der Waals surface area (Å²) in [4.78, 5) is 48.1. The van der Waals surface area contributed by atoms with Crippen LogP contribution in [-0.2, 0) is 9.59 Å². The lowest BCUT2D eigenvalue weighted by Crippen LogP contribution is -2.55. The smallest absolute Gasteiger partial charge is 0.325 e. The Kier molecular flexibility index (Phi) is 5.20. The molecular weight excluding hydrogens is 382 g/mol. The van der Waals surface area contributed by atoms with Gasteiger partial charge in [0.1, 0.15) is 17.9 Å². The summed E-state index contributed by atoms with van der Waals surface area (Å²) in [5.41, 5.74) is -0.890. The van der Waals surface area contributed by atoms with Crippen molar-refractivity contribution in [3.63, 3.8) is 0 Å². The molecule has 1 aromatic heterocycles. The normalized spacial score (nSPS) is 28.8. The molecule has 1 aromatic rings. The second-order valence-corrected chi connectivity index (χ2v) is 9.81.